The highest BCUT2D eigenvalue weighted by atomic mass is 16.6. The van der Waals surface area contributed by atoms with Crippen LogP contribution < -0.4 is 16.4 Å². The van der Waals surface area contributed by atoms with Crippen LogP contribution in [0.2, 0.25) is 0 Å². The molecule has 0 fully saturated rings. The van der Waals surface area contributed by atoms with Gasteiger partial charge in [-0.2, -0.15) is 0 Å². The van der Waals surface area contributed by atoms with Crippen molar-refractivity contribution >= 4 is 18.0 Å². The third-order valence-corrected chi connectivity index (χ3v) is 1.82. The van der Waals surface area contributed by atoms with Gasteiger partial charge in [0.1, 0.15) is 11.6 Å². The molecule has 0 aromatic heterocycles. The number of carbonyl (C=O) groups excluding carboxylic acids is 3. The van der Waals surface area contributed by atoms with E-state index in [2.05, 4.69) is 15.4 Å². The van der Waals surface area contributed by atoms with Crippen LogP contribution in [0.25, 0.3) is 0 Å². The second-order valence-electron chi connectivity index (χ2n) is 4.79. The van der Waals surface area contributed by atoms with Gasteiger partial charge in [-0.1, -0.05) is 0 Å². The van der Waals surface area contributed by atoms with Crippen molar-refractivity contribution < 1.29 is 23.9 Å². The Balaban J connectivity index is 3.88. The van der Waals surface area contributed by atoms with Gasteiger partial charge in [-0.05, 0) is 20.8 Å². The quantitative estimate of drug-likeness (QED) is 0.561. The van der Waals surface area contributed by atoms with E-state index in [9.17, 15) is 14.4 Å². The summed E-state index contributed by atoms with van der Waals surface area (Å²) in [6, 6.07) is -0.935. The minimum atomic E-state index is -0.935. The lowest BCUT2D eigenvalue weighted by molar-refractivity contribution is -0.142. The predicted octanol–water partition coefficient (Wildman–Crippen LogP) is -0.872. The smallest absolute Gasteiger partial charge is 0.408 e. The molecule has 0 saturated heterocycles. The van der Waals surface area contributed by atoms with Crippen molar-refractivity contribution in [3.8, 4) is 0 Å². The normalized spacial score (nSPS) is 12.3. The third-order valence-electron chi connectivity index (χ3n) is 1.82. The lowest BCUT2D eigenvalue weighted by atomic mass is 10.2. The van der Waals surface area contributed by atoms with Gasteiger partial charge >= 0.3 is 12.1 Å². The van der Waals surface area contributed by atoms with E-state index in [0.29, 0.717) is 0 Å². The van der Waals surface area contributed by atoms with Gasteiger partial charge in [-0.3, -0.25) is 9.59 Å². The number of esters is 1. The van der Waals surface area contributed by atoms with Crippen LogP contribution in [0.4, 0.5) is 4.79 Å². The Morgan fingerprint density at radius 2 is 1.79 bits per heavy atom. The van der Waals surface area contributed by atoms with E-state index < -0.39 is 29.6 Å². The fourth-order valence-corrected chi connectivity index (χ4v) is 0.988. The predicted molar refractivity (Wildman–Crippen MR) is 67.2 cm³/mol. The van der Waals surface area contributed by atoms with Gasteiger partial charge in [-0.15, -0.1) is 0 Å². The zero-order chi connectivity index (χ0) is 15.1. The molecule has 2 amide bonds. The molecule has 0 aliphatic heterocycles. The van der Waals surface area contributed by atoms with Crippen LogP contribution in [-0.2, 0) is 19.1 Å². The zero-order valence-electron chi connectivity index (χ0n) is 11.6. The fraction of sp³-hybridized carbons (Fsp3) is 0.727. The van der Waals surface area contributed by atoms with Gasteiger partial charge in [0.25, 0.3) is 0 Å². The molecule has 0 rings (SSSR count). The van der Waals surface area contributed by atoms with E-state index in [0.717, 1.165) is 0 Å². The van der Waals surface area contributed by atoms with Crippen LogP contribution in [0.3, 0.4) is 0 Å². The lowest BCUT2D eigenvalue weighted by Gasteiger charge is -2.19. The summed E-state index contributed by atoms with van der Waals surface area (Å²) in [7, 11) is 1.20. The number of amides is 2. The van der Waals surface area contributed by atoms with Crippen LogP contribution in [0, 0.1) is 0 Å². The van der Waals surface area contributed by atoms with E-state index in [1.807, 2.05) is 0 Å². The van der Waals surface area contributed by atoms with Crippen molar-refractivity contribution in [1.82, 2.24) is 10.6 Å². The third kappa shape index (κ3) is 8.83. The number of nitrogens with two attached hydrogens (primary N) is 1. The molecule has 0 spiro atoms. The van der Waals surface area contributed by atoms with Gasteiger partial charge in [0.2, 0.25) is 5.91 Å². The Morgan fingerprint density at radius 1 is 1.21 bits per heavy atom. The molecule has 0 aliphatic carbocycles. The maximum atomic E-state index is 11.3. The number of hydrogen-bond donors (Lipinski definition) is 3. The molecule has 0 aliphatic rings. The van der Waals surface area contributed by atoms with E-state index in [4.69, 9.17) is 10.5 Å². The summed E-state index contributed by atoms with van der Waals surface area (Å²) in [6.45, 7) is 4.80. The van der Waals surface area contributed by atoms with Crippen LogP contribution in [0.5, 0.6) is 0 Å². The first kappa shape index (κ1) is 17.2. The average Bonchev–Trinajstić information content (AvgIpc) is 2.30. The standard InChI is InChI=1S/C11H21N3O5/c1-11(2,3)19-10(17)14-6-8(15)13-5-7(12)9(16)18-4/h7H,5-6,12H2,1-4H3,(H,13,15)(H,14,17)/t7-/m0/s1. The monoisotopic (exact) mass is 275 g/mol. The lowest BCUT2D eigenvalue weighted by Crippen LogP contribution is -2.46. The first-order valence-electron chi connectivity index (χ1n) is 5.72. The molecule has 0 aromatic rings. The van der Waals surface area contributed by atoms with Crippen LogP contribution in [0.1, 0.15) is 20.8 Å². The zero-order valence-corrected chi connectivity index (χ0v) is 11.6. The highest BCUT2D eigenvalue weighted by molar-refractivity contribution is 5.83. The first-order valence-corrected chi connectivity index (χ1v) is 5.72. The van der Waals surface area contributed by atoms with Gasteiger partial charge in [0, 0.05) is 6.54 Å². The fourth-order valence-electron chi connectivity index (χ4n) is 0.988. The average molecular weight is 275 g/mol. The van der Waals surface area contributed by atoms with Gasteiger partial charge in [-0.25, -0.2) is 4.79 Å². The molecule has 19 heavy (non-hydrogen) atoms. The summed E-state index contributed by atoms with van der Waals surface area (Å²) in [4.78, 5) is 33.5. The summed E-state index contributed by atoms with van der Waals surface area (Å²) >= 11 is 0. The van der Waals surface area contributed by atoms with E-state index in [1.54, 1.807) is 20.8 Å². The molecular weight excluding hydrogens is 254 g/mol. The molecule has 0 saturated carbocycles. The summed E-state index contributed by atoms with van der Waals surface area (Å²) in [5.41, 5.74) is 4.78. The van der Waals surface area contributed by atoms with Crippen molar-refractivity contribution in [3.05, 3.63) is 0 Å². The number of ether oxygens (including phenoxy) is 2. The SMILES string of the molecule is COC(=O)[C@@H](N)CNC(=O)CNC(=O)OC(C)(C)C. The molecule has 1 atom stereocenters. The van der Waals surface area contributed by atoms with E-state index in [1.165, 1.54) is 7.11 Å². The van der Waals surface area contributed by atoms with Crippen LogP contribution in [-0.4, -0.2) is 49.8 Å². The molecular formula is C11H21N3O5. The second kappa shape index (κ2) is 7.57. The van der Waals surface area contributed by atoms with Crippen molar-refractivity contribution in [1.29, 1.82) is 0 Å². The Kier molecular flexibility index (Phi) is 6.84. The van der Waals surface area contributed by atoms with E-state index >= 15 is 0 Å². The van der Waals surface area contributed by atoms with Gasteiger partial charge in [0.05, 0.1) is 13.7 Å². The minimum absolute atomic E-state index is 0.0680. The summed E-state index contributed by atoms with van der Waals surface area (Å²) < 4.78 is 9.33. The number of hydrogen-bond acceptors (Lipinski definition) is 6. The van der Waals surface area contributed by atoms with Crippen molar-refractivity contribution in [2.24, 2.45) is 5.73 Å². The maximum absolute atomic E-state index is 11.3. The number of carbonyl (C=O) groups is 3. The number of rotatable bonds is 5. The van der Waals surface area contributed by atoms with Gasteiger partial charge in [0.15, 0.2) is 0 Å². The summed E-state index contributed by atoms with van der Waals surface area (Å²) in [6.07, 6.45) is -0.695. The topological polar surface area (TPSA) is 120 Å². The molecule has 0 radical (unpaired) electrons. The molecule has 8 nitrogen and oxygen atoms in total. The Morgan fingerprint density at radius 3 is 2.26 bits per heavy atom. The van der Waals surface area contributed by atoms with Crippen molar-refractivity contribution in [2.45, 2.75) is 32.4 Å². The number of methoxy groups -OCH3 is 1. The molecule has 110 valence electrons. The first-order chi connectivity index (χ1) is 8.65. The summed E-state index contributed by atoms with van der Waals surface area (Å²) in [5.74, 6) is -1.11. The van der Waals surface area contributed by atoms with Crippen molar-refractivity contribution in [3.63, 3.8) is 0 Å². The Hall–Kier alpha value is -1.83. The van der Waals surface area contributed by atoms with Crippen LogP contribution >= 0.6 is 0 Å². The maximum Gasteiger partial charge on any atom is 0.408 e. The molecule has 4 N–H and O–H groups in total. The van der Waals surface area contributed by atoms with E-state index in [-0.39, 0.29) is 13.1 Å². The highest BCUT2D eigenvalue weighted by Gasteiger charge is 2.17. The van der Waals surface area contributed by atoms with Crippen molar-refractivity contribution in [2.75, 3.05) is 20.2 Å². The Bertz CT molecular complexity index is 338. The highest BCUT2D eigenvalue weighted by Crippen LogP contribution is 2.05. The van der Waals surface area contributed by atoms with Crippen LogP contribution in [0.15, 0.2) is 0 Å². The number of alkyl carbamates (subject to hydrolysis) is 1. The number of nitrogens with one attached hydrogen (secondary N) is 2. The van der Waals surface area contributed by atoms with Gasteiger partial charge < -0.3 is 25.8 Å². The summed E-state index contributed by atoms with van der Waals surface area (Å²) in [5, 5.41) is 4.66. The molecule has 8 heteroatoms. The Labute approximate surface area is 112 Å². The molecule has 0 heterocycles. The largest absolute Gasteiger partial charge is 0.468 e. The molecule has 0 aromatic carbocycles. The molecule has 0 unspecified atom stereocenters. The molecule has 0 bridgehead atoms. The second-order valence-corrected chi connectivity index (χ2v) is 4.79. The minimum Gasteiger partial charge on any atom is -0.468 e.